The monoisotopic (exact) mass is 340 g/mol. The number of para-hydroxylation sites is 1. The minimum Gasteiger partial charge on any atom is -0.324 e. The number of likely N-dealkylation sites (tertiary alicyclic amines) is 1. The summed E-state index contributed by atoms with van der Waals surface area (Å²) in [6, 6.07) is 3.37. The third-order valence-corrected chi connectivity index (χ3v) is 3.65. The Balaban J connectivity index is 2.11. The van der Waals surface area contributed by atoms with Crippen molar-refractivity contribution in [2.24, 2.45) is 5.92 Å². The summed E-state index contributed by atoms with van der Waals surface area (Å²) >= 11 is 0. The van der Waals surface area contributed by atoms with Crippen molar-refractivity contribution in [1.29, 1.82) is 0 Å². The van der Waals surface area contributed by atoms with Crippen LogP contribution in [0.3, 0.4) is 0 Å². The van der Waals surface area contributed by atoms with Crippen molar-refractivity contribution in [3.05, 3.63) is 29.8 Å². The maximum atomic E-state index is 12.8. The molecule has 1 atom stereocenters. The number of anilines is 1. The van der Waals surface area contributed by atoms with Crippen LogP contribution in [0.25, 0.3) is 0 Å². The standard InChI is InChI=1S/C14H14F6N2O/c15-13(16,17)9-4-3-7-22(8-9)12(23)21-11-6-2-1-5-10(11)14(18,19)20/h1-2,5-6,9H,3-4,7-8H2,(H,21,23)/t9-/m1/s1. The number of nitrogens with one attached hydrogen (secondary N) is 1. The molecule has 23 heavy (non-hydrogen) atoms. The molecule has 1 saturated heterocycles. The topological polar surface area (TPSA) is 32.3 Å². The van der Waals surface area contributed by atoms with Crippen LogP contribution in [-0.4, -0.2) is 30.2 Å². The lowest BCUT2D eigenvalue weighted by molar-refractivity contribution is -0.183. The molecule has 1 aliphatic heterocycles. The van der Waals surface area contributed by atoms with E-state index in [0.29, 0.717) is 0 Å². The Kier molecular flexibility index (Phi) is 4.76. The van der Waals surface area contributed by atoms with Crippen LogP contribution < -0.4 is 5.32 Å². The SMILES string of the molecule is O=C(Nc1ccccc1C(F)(F)F)N1CCC[C@@H](C(F)(F)F)C1. The average Bonchev–Trinajstić information content (AvgIpc) is 2.46. The first-order valence-electron chi connectivity index (χ1n) is 6.88. The largest absolute Gasteiger partial charge is 0.418 e. The van der Waals surface area contributed by atoms with Gasteiger partial charge in [-0.2, -0.15) is 26.3 Å². The lowest BCUT2D eigenvalue weighted by atomic mass is 9.98. The van der Waals surface area contributed by atoms with Crippen molar-refractivity contribution in [2.75, 3.05) is 18.4 Å². The van der Waals surface area contributed by atoms with Crippen molar-refractivity contribution >= 4 is 11.7 Å². The summed E-state index contributed by atoms with van der Waals surface area (Å²) in [5, 5.41) is 2.06. The Hall–Kier alpha value is -1.93. The van der Waals surface area contributed by atoms with Crippen molar-refractivity contribution in [3.8, 4) is 0 Å². The van der Waals surface area contributed by atoms with Crippen LogP contribution in [0.4, 0.5) is 36.8 Å². The Morgan fingerprint density at radius 2 is 1.78 bits per heavy atom. The van der Waals surface area contributed by atoms with Gasteiger partial charge in [0, 0.05) is 13.1 Å². The fourth-order valence-corrected chi connectivity index (χ4v) is 2.46. The lowest BCUT2D eigenvalue weighted by Gasteiger charge is -2.33. The number of carbonyl (C=O) groups is 1. The second-order valence-electron chi connectivity index (χ2n) is 5.30. The normalized spacial score (nSPS) is 19.6. The Morgan fingerprint density at radius 1 is 1.13 bits per heavy atom. The van der Waals surface area contributed by atoms with Crippen LogP contribution in [0.2, 0.25) is 0 Å². The van der Waals surface area contributed by atoms with Crippen LogP contribution in [0.5, 0.6) is 0 Å². The minimum absolute atomic E-state index is 0.0760. The number of urea groups is 1. The van der Waals surface area contributed by atoms with Gasteiger partial charge in [-0.1, -0.05) is 12.1 Å². The molecule has 1 fully saturated rings. The van der Waals surface area contributed by atoms with Crippen LogP contribution in [0, 0.1) is 5.92 Å². The zero-order valence-electron chi connectivity index (χ0n) is 11.8. The first-order valence-corrected chi connectivity index (χ1v) is 6.88. The highest BCUT2D eigenvalue weighted by molar-refractivity contribution is 5.90. The second kappa shape index (κ2) is 6.29. The van der Waals surface area contributed by atoms with Gasteiger partial charge in [0.2, 0.25) is 0 Å². The highest BCUT2D eigenvalue weighted by Crippen LogP contribution is 2.36. The molecule has 2 amide bonds. The van der Waals surface area contributed by atoms with Gasteiger partial charge in [0.1, 0.15) is 0 Å². The smallest absolute Gasteiger partial charge is 0.324 e. The van der Waals surface area contributed by atoms with E-state index in [4.69, 9.17) is 0 Å². The predicted molar refractivity (Wildman–Crippen MR) is 70.8 cm³/mol. The zero-order valence-corrected chi connectivity index (χ0v) is 11.8. The molecule has 1 N–H and O–H groups in total. The van der Waals surface area contributed by atoms with E-state index in [9.17, 15) is 31.1 Å². The van der Waals surface area contributed by atoms with E-state index < -0.39 is 42.1 Å². The molecule has 2 rings (SSSR count). The van der Waals surface area contributed by atoms with Crippen LogP contribution >= 0.6 is 0 Å². The third-order valence-electron chi connectivity index (χ3n) is 3.65. The molecule has 0 radical (unpaired) electrons. The van der Waals surface area contributed by atoms with Gasteiger partial charge < -0.3 is 10.2 Å². The number of alkyl halides is 6. The lowest BCUT2D eigenvalue weighted by Crippen LogP contribution is -2.46. The molecule has 9 heteroatoms. The van der Waals surface area contributed by atoms with Gasteiger partial charge in [-0.25, -0.2) is 4.79 Å². The number of amides is 2. The number of hydrogen-bond donors (Lipinski definition) is 1. The molecule has 1 aliphatic rings. The van der Waals surface area contributed by atoms with Gasteiger partial charge in [0.15, 0.2) is 0 Å². The summed E-state index contributed by atoms with van der Waals surface area (Å²) in [4.78, 5) is 12.9. The van der Waals surface area contributed by atoms with Gasteiger partial charge in [0.25, 0.3) is 0 Å². The number of nitrogens with zero attached hydrogens (tertiary/aromatic N) is 1. The summed E-state index contributed by atoms with van der Waals surface area (Å²) in [7, 11) is 0. The Morgan fingerprint density at radius 3 is 2.39 bits per heavy atom. The van der Waals surface area contributed by atoms with E-state index in [0.717, 1.165) is 17.0 Å². The molecular weight excluding hydrogens is 326 g/mol. The van der Waals surface area contributed by atoms with Gasteiger partial charge in [0.05, 0.1) is 17.2 Å². The summed E-state index contributed by atoms with van der Waals surface area (Å²) in [5.41, 5.74) is -1.52. The maximum absolute atomic E-state index is 12.8. The molecule has 1 aromatic rings. The van der Waals surface area contributed by atoms with Crippen LogP contribution in [0.15, 0.2) is 24.3 Å². The fraction of sp³-hybridized carbons (Fsp3) is 0.500. The van der Waals surface area contributed by atoms with E-state index >= 15 is 0 Å². The fourth-order valence-electron chi connectivity index (χ4n) is 2.46. The van der Waals surface area contributed by atoms with Crippen LogP contribution in [0.1, 0.15) is 18.4 Å². The molecule has 3 nitrogen and oxygen atoms in total. The second-order valence-corrected chi connectivity index (χ2v) is 5.30. The number of piperidine rings is 1. The van der Waals surface area contributed by atoms with Crippen molar-refractivity contribution < 1.29 is 31.1 Å². The molecule has 0 spiro atoms. The summed E-state index contributed by atoms with van der Waals surface area (Å²) in [6.45, 7) is -0.476. The van der Waals surface area contributed by atoms with Gasteiger partial charge in [-0.05, 0) is 25.0 Å². The molecular formula is C14H14F6N2O. The Bertz CT molecular complexity index is 569. The average molecular weight is 340 g/mol. The highest BCUT2D eigenvalue weighted by Gasteiger charge is 2.43. The van der Waals surface area contributed by atoms with Crippen LogP contribution in [-0.2, 0) is 6.18 Å². The highest BCUT2D eigenvalue weighted by atomic mass is 19.4. The Labute approximate surface area is 128 Å². The quantitative estimate of drug-likeness (QED) is 0.750. The summed E-state index contributed by atoms with van der Waals surface area (Å²) < 4.78 is 76.7. The maximum Gasteiger partial charge on any atom is 0.418 e. The van der Waals surface area contributed by atoms with E-state index in [1.165, 1.54) is 12.1 Å². The number of halogens is 6. The first-order chi connectivity index (χ1) is 10.6. The molecule has 128 valence electrons. The summed E-state index contributed by atoms with van der Waals surface area (Å²) in [6.07, 6.45) is -9.03. The molecule has 0 aliphatic carbocycles. The van der Waals surface area contributed by atoms with Crippen molar-refractivity contribution in [1.82, 2.24) is 4.90 Å². The van der Waals surface area contributed by atoms with E-state index in [1.807, 2.05) is 0 Å². The number of rotatable bonds is 1. The third kappa shape index (κ3) is 4.29. The van der Waals surface area contributed by atoms with Crippen molar-refractivity contribution in [3.63, 3.8) is 0 Å². The molecule has 0 bridgehead atoms. The minimum atomic E-state index is -4.67. The molecule has 0 saturated carbocycles. The zero-order chi connectivity index (χ0) is 17.3. The number of benzene rings is 1. The molecule has 0 aromatic heterocycles. The number of hydrogen-bond acceptors (Lipinski definition) is 1. The number of carbonyl (C=O) groups excluding carboxylic acids is 1. The van der Waals surface area contributed by atoms with Crippen molar-refractivity contribution in [2.45, 2.75) is 25.2 Å². The molecule has 0 unspecified atom stereocenters. The molecule has 1 heterocycles. The van der Waals surface area contributed by atoms with E-state index in [-0.39, 0.29) is 19.4 Å². The van der Waals surface area contributed by atoms with E-state index in [2.05, 4.69) is 5.32 Å². The van der Waals surface area contributed by atoms with Gasteiger partial charge >= 0.3 is 18.4 Å². The summed E-state index contributed by atoms with van der Waals surface area (Å²) in [5.74, 6) is -1.65. The predicted octanol–water partition coefficient (Wildman–Crippen LogP) is 4.51. The first kappa shape index (κ1) is 17.4. The van der Waals surface area contributed by atoms with Gasteiger partial charge in [-0.3, -0.25) is 0 Å². The van der Waals surface area contributed by atoms with Gasteiger partial charge in [-0.15, -0.1) is 0 Å². The van der Waals surface area contributed by atoms with E-state index in [1.54, 1.807) is 0 Å². The molecule has 1 aromatic carbocycles.